The van der Waals surface area contributed by atoms with Crippen LogP contribution < -0.4 is 16.4 Å². The summed E-state index contributed by atoms with van der Waals surface area (Å²) in [6, 6.07) is 22.7. The zero-order valence-electron chi connectivity index (χ0n) is 24.0. The van der Waals surface area contributed by atoms with Crippen LogP contribution in [0.3, 0.4) is 0 Å². The number of nitrogens with one attached hydrogen (secondary N) is 2. The van der Waals surface area contributed by atoms with Gasteiger partial charge in [-0.15, -0.1) is 0 Å². The molecule has 0 aromatic heterocycles. The molecule has 9 nitrogen and oxygen atoms in total. The fourth-order valence-electron chi connectivity index (χ4n) is 6.56. The number of benzene rings is 3. The van der Waals surface area contributed by atoms with Crippen molar-refractivity contribution in [2.45, 2.75) is 43.9 Å². The minimum Gasteiger partial charge on any atom is -0.343 e. The van der Waals surface area contributed by atoms with Gasteiger partial charge in [0, 0.05) is 44.5 Å². The molecule has 0 aliphatic carbocycles. The summed E-state index contributed by atoms with van der Waals surface area (Å²) < 4.78 is 0. The lowest BCUT2D eigenvalue weighted by Gasteiger charge is -2.41. The Hall–Kier alpha value is -4.05. The van der Waals surface area contributed by atoms with Crippen molar-refractivity contribution in [3.05, 3.63) is 106 Å². The molecule has 0 saturated carbocycles. The van der Waals surface area contributed by atoms with Gasteiger partial charge in [-0.25, -0.2) is 5.01 Å². The van der Waals surface area contributed by atoms with Crippen LogP contribution >= 0.6 is 11.6 Å². The zero-order chi connectivity index (χ0) is 30.1. The molecule has 3 aromatic rings. The Morgan fingerprint density at radius 2 is 1.79 bits per heavy atom. The molecule has 1 saturated heterocycles. The molecule has 2 unspecified atom stereocenters. The molecule has 4 N–H and O–H groups in total. The lowest BCUT2D eigenvalue weighted by atomic mass is 9.73. The first kappa shape index (κ1) is 29.0. The number of carbonyl (C=O) groups is 3. The lowest BCUT2D eigenvalue weighted by molar-refractivity contribution is -0.142. The predicted molar refractivity (Wildman–Crippen MR) is 165 cm³/mol. The van der Waals surface area contributed by atoms with Crippen LogP contribution in [-0.4, -0.2) is 65.6 Å². The van der Waals surface area contributed by atoms with E-state index in [4.69, 9.17) is 17.3 Å². The number of piperidine rings is 1. The average Bonchev–Trinajstić information content (AvgIpc) is 3.26. The summed E-state index contributed by atoms with van der Waals surface area (Å²) in [4.78, 5) is 43.4. The molecule has 0 bridgehead atoms. The van der Waals surface area contributed by atoms with Crippen molar-refractivity contribution >= 4 is 35.0 Å². The molecule has 3 aliphatic heterocycles. The van der Waals surface area contributed by atoms with E-state index >= 15 is 0 Å². The molecule has 10 heteroatoms. The Labute approximate surface area is 256 Å². The maximum Gasteiger partial charge on any atom is 0.256 e. The average molecular weight is 599 g/mol. The summed E-state index contributed by atoms with van der Waals surface area (Å²) in [7, 11) is 1.66. The topological polar surface area (TPSA) is 120 Å². The van der Waals surface area contributed by atoms with Gasteiger partial charge in [-0.1, -0.05) is 78.3 Å². The number of hydrazone groups is 1. The minimum atomic E-state index is -0.949. The Kier molecular flexibility index (Phi) is 8.05. The largest absolute Gasteiger partial charge is 0.343 e. The maximum atomic E-state index is 14.3. The first-order valence-corrected chi connectivity index (χ1v) is 14.9. The number of fused-ring (bicyclic) bond motifs is 2. The van der Waals surface area contributed by atoms with E-state index in [0.29, 0.717) is 31.0 Å². The van der Waals surface area contributed by atoms with Crippen LogP contribution in [0, 0.1) is 5.41 Å². The number of halogens is 1. The predicted octanol–water partition coefficient (Wildman–Crippen LogP) is 2.83. The van der Waals surface area contributed by atoms with Crippen molar-refractivity contribution in [3.8, 4) is 0 Å². The molecule has 4 atom stereocenters. The van der Waals surface area contributed by atoms with Crippen molar-refractivity contribution < 1.29 is 14.4 Å². The molecule has 3 heterocycles. The molecule has 1 fully saturated rings. The first-order valence-electron chi connectivity index (χ1n) is 14.6. The highest BCUT2D eigenvalue weighted by Gasteiger charge is 2.54. The van der Waals surface area contributed by atoms with Gasteiger partial charge in [0.15, 0.2) is 0 Å². The summed E-state index contributed by atoms with van der Waals surface area (Å²) in [5.41, 5.74) is 10.2. The number of carbonyl (C=O) groups excluding carboxylic acids is 3. The van der Waals surface area contributed by atoms with Crippen LogP contribution in [0.5, 0.6) is 0 Å². The molecule has 6 rings (SSSR count). The van der Waals surface area contributed by atoms with E-state index in [0.717, 1.165) is 28.0 Å². The van der Waals surface area contributed by atoms with Gasteiger partial charge in [-0.2, -0.15) is 5.10 Å². The summed E-state index contributed by atoms with van der Waals surface area (Å²) in [5, 5.41) is 12.8. The van der Waals surface area contributed by atoms with Crippen LogP contribution in [0.15, 0.2) is 84.0 Å². The zero-order valence-corrected chi connectivity index (χ0v) is 24.8. The molecule has 3 amide bonds. The summed E-state index contributed by atoms with van der Waals surface area (Å²) in [6.07, 6.45) is 1.17. The summed E-state index contributed by atoms with van der Waals surface area (Å²) >= 11 is 6.12. The lowest BCUT2D eigenvalue weighted by Crippen LogP contribution is -2.61. The highest BCUT2D eigenvalue weighted by molar-refractivity contribution is 6.30. The molecule has 0 radical (unpaired) electrons. The van der Waals surface area contributed by atoms with E-state index < -0.39 is 23.5 Å². The van der Waals surface area contributed by atoms with Gasteiger partial charge < -0.3 is 21.3 Å². The fraction of sp³-hybridized carbons (Fsp3) is 0.333. The Bertz CT molecular complexity index is 1560. The van der Waals surface area contributed by atoms with E-state index in [-0.39, 0.29) is 30.7 Å². The monoisotopic (exact) mass is 598 g/mol. The Morgan fingerprint density at radius 3 is 2.56 bits per heavy atom. The number of rotatable bonds is 7. The summed E-state index contributed by atoms with van der Waals surface area (Å²) in [6.45, 7) is 1.09. The number of nitrogens with two attached hydrogens (primary N) is 1. The van der Waals surface area contributed by atoms with E-state index in [9.17, 15) is 14.4 Å². The number of likely N-dealkylation sites (tertiary alicyclic amines) is 1. The summed E-state index contributed by atoms with van der Waals surface area (Å²) in [5.74, 6) is -0.718. The molecular formula is C33H35ClN6O3. The normalized spacial score (nSPS) is 23.7. The van der Waals surface area contributed by atoms with Gasteiger partial charge in [-0.3, -0.25) is 14.4 Å². The second kappa shape index (κ2) is 11.9. The first-order chi connectivity index (χ1) is 20.7. The SMILES string of the molecule is CN1N=C2CCN(C(=O)[C@@H](Cc3ccc(Cl)cc3)NC(=O)[C@@H]3NCc4ccccc4C3N)CC2(Cc2ccccc2)C1=O. The van der Waals surface area contributed by atoms with Gasteiger partial charge in [0.25, 0.3) is 5.91 Å². The van der Waals surface area contributed by atoms with Crippen molar-refractivity contribution in [3.63, 3.8) is 0 Å². The van der Waals surface area contributed by atoms with E-state index in [1.54, 1.807) is 24.1 Å². The van der Waals surface area contributed by atoms with Crippen LogP contribution in [0.25, 0.3) is 0 Å². The number of amides is 3. The van der Waals surface area contributed by atoms with Gasteiger partial charge in [0.1, 0.15) is 17.5 Å². The highest BCUT2D eigenvalue weighted by atomic mass is 35.5. The van der Waals surface area contributed by atoms with Crippen molar-refractivity contribution in [1.29, 1.82) is 0 Å². The minimum absolute atomic E-state index is 0.127. The quantitative estimate of drug-likeness (QED) is 0.386. The van der Waals surface area contributed by atoms with Crippen LogP contribution in [0.2, 0.25) is 5.02 Å². The molecule has 43 heavy (non-hydrogen) atoms. The molecule has 0 spiro atoms. The Morgan fingerprint density at radius 1 is 1.07 bits per heavy atom. The number of hydrogen-bond acceptors (Lipinski definition) is 6. The standard InChI is InChI=1S/C33H35ClN6O3/c1-39-32(43)33(18-22-7-3-2-4-8-22)20-40(16-15-27(33)38-39)31(42)26(17-21-11-13-24(34)14-12-21)37-30(41)29-28(35)25-10-6-5-9-23(25)19-36-29/h2-14,26,28-29,36H,15-20,35H2,1H3,(H,37,41)/t26-,28?,29-,33?/m1/s1. The number of nitrogens with zero attached hydrogens (tertiary/aromatic N) is 3. The van der Waals surface area contributed by atoms with E-state index in [2.05, 4.69) is 15.7 Å². The van der Waals surface area contributed by atoms with Crippen LogP contribution in [0.1, 0.15) is 34.7 Å². The molecule has 3 aliphatic rings. The van der Waals surface area contributed by atoms with Crippen LogP contribution in [0.4, 0.5) is 0 Å². The number of hydrogen-bond donors (Lipinski definition) is 3. The third-order valence-electron chi connectivity index (χ3n) is 8.80. The van der Waals surface area contributed by atoms with Crippen molar-refractivity contribution in [2.75, 3.05) is 20.1 Å². The van der Waals surface area contributed by atoms with Crippen molar-refractivity contribution in [1.82, 2.24) is 20.5 Å². The third kappa shape index (κ3) is 5.68. The second-order valence-corrected chi connectivity index (χ2v) is 12.0. The molecule has 3 aromatic carbocycles. The Balaban J connectivity index is 1.26. The van der Waals surface area contributed by atoms with Crippen LogP contribution in [-0.2, 0) is 33.8 Å². The van der Waals surface area contributed by atoms with Crippen molar-refractivity contribution in [2.24, 2.45) is 16.3 Å². The molecular weight excluding hydrogens is 564 g/mol. The van der Waals surface area contributed by atoms with Gasteiger partial charge in [0.2, 0.25) is 11.8 Å². The van der Waals surface area contributed by atoms with Gasteiger partial charge in [-0.05, 0) is 40.8 Å². The second-order valence-electron chi connectivity index (χ2n) is 11.6. The third-order valence-corrected chi connectivity index (χ3v) is 9.05. The van der Waals surface area contributed by atoms with Gasteiger partial charge >= 0.3 is 0 Å². The molecule has 222 valence electrons. The maximum absolute atomic E-state index is 14.3. The smallest absolute Gasteiger partial charge is 0.256 e. The fourth-order valence-corrected chi connectivity index (χ4v) is 6.68. The van der Waals surface area contributed by atoms with E-state index in [1.165, 1.54) is 5.01 Å². The van der Waals surface area contributed by atoms with E-state index in [1.807, 2.05) is 66.7 Å². The highest BCUT2D eigenvalue weighted by Crippen LogP contribution is 2.38. The van der Waals surface area contributed by atoms with Gasteiger partial charge in [0.05, 0.1) is 11.8 Å².